The van der Waals surface area contributed by atoms with Crippen LogP contribution in [0.1, 0.15) is 69.2 Å². The van der Waals surface area contributed by atoms with Gasteiger partial charge in [0, 0.05) is 5.56 Å². The number of carbonyl (C=O) groups excluding carboxylic acids is 1. The standard InChI is InChI=1S/C25H29F5O3/c1-3-5-7-8-16-32-18-12-10-17(11-13-18)19-14-15-20(23(27)22(19)26)24(31)33-21(9-6-4-2)25(28,29)30/h10-15,21H,3-9,16H2,1-2H3. The summed E-state index contributed by atoms with van der Waals surface area (Å²) in [5.74, 6) is -3.86. The van der Waals surface area contributed by atoms with Crippen LogP contribution < -0.4 is 4.74 Å². The molecule has 182 valence electrons. The van der Waals surface area contributed by atoms with Crippen LogP contribution in [0.5, 0.6) is 5.75 Å². The van der Waals surface area contributed by atoms with Crippen LogP contribution >= 0.6 is 0 Å². The minimum Gasteiger partial charge on any atom is -0.494 e. The number of halogens is 5. The third-order valence-corrected chi connectivity index (χ3v) is 5.17. The maximum atomic E-state index is 14.7. The highest BCUT2D eigenvalue weighted by Crippen LogP contribution is 2.31. The van der Waals surface area contributed by atoms with Gasteiger partial charge in [0.15, 0.2) is 17.7 Å². The molecule has 0 amide bonds. The molecule has 0 fully saturated rings. The molecule has 0 saturated heterocycles. The molecule has 2 aromatic carbocycles. The Hall–Kier alpha value is -2.64. The fourth-order valence-electron chi connectivity index (χ4n) is 3.25. The van der Waals surface area contributed by atoms with Gasteiger partial charge in [-0.3, -0.25) is 0 Å². The Labute approximate surface area is 190 Å². The molecule has 0 aromatic heterocycles. The van der Waals surface area contributed by atoms with E-state index in [4.69, 9.17) is 4.74 Å². The van der Waals surface area contributed by atoms with Crippen molar-refractivity contribution in [2.75, 3.05) is 6.61 Å². The highest BCUT2D eigenvalue weighted by molar-refractivity contribution is 5.90. The molecular formula is C25H29F5O3. The summed E-state index contributed by atoms with van der Waals surface area (Å²) >= 11 is 0. The Balaban J connectivity index is 2.12. The lowest BCUT2D eigenvalue weighted by Gasteiger charge is -2.20. The van der Waals surface area contributed by atoms with E-state index in [9.17, 15) is 26.7 Å². The van der Waals surface area contributed by atoms with Crippen LogP contribution in [0.2, 0.25) is 0 Å². The summed E-state index contributed by atoms with van der Waals surface area (Å²) in [5, 5.41) is 0. The quantitative estimate of drug-likeness (QED) is 0.179. The van der Waals surface area contributed by atoms with E-state index in [2.05, 4.69) is 11.7 Å². The van der Waals surface area contributed by atoms with Crippen LogP contribution in [-0.4, -0.2) is 24.9 Å². The molecule has 3 nitrogen and oxygen atoms in total. The van der Waals surface area contributed by atoms with E-state index in [0.29, 0.717) is 24.3 Å². The SMILES string of the molecule is CCCCCCOc1ccc(-c2ccc(C(=O)OC(CCCC)C(F)(F)F)c(F)c2F)cc1. The number of esters is 1. The maximum Gasteiger partial charge on any atom is 0.425 e. The van der Waals surface area contributed by atoms with Crippen LogP contribution in [0, 0.1) is 11.6 Å². The molecule has 0 spiro atoms. The minimum atomic E-state index is -4.79. The summed E-state index contributed by atoms with van der Waals surface area (Å²) in [4.78, 5) is 12.2. The van der Waals surface area contributed by atoms with Gasteiger partial charge >= 0.3 is 12.1 Å². The zero-order chi connectivity index (χ0) is 24.4. The van der Waals surface area contributed by atoms with E-state index in [-0.39, 0.29) is 12.0 Å². The van der Waals surface area contributed by atoms with Gasteiger partial charge in [-0.2, -0.15) is 13.2 Å². The van der Waals surface area contributed by atoms with Crippen LogP contribution in [0.4, 0.5) is 22.0 Å². The van der Waals surface area contributed by atoms with Gasteiger partial charge in [0.2, 0.25) is 0 Å². The number of rotatable bonds is 12. The van der Waals surface area contributed by atoms with Crippen molar-refractivity contribution >= 4 is 5.97 Å². The lowest BCUT2D eigenvalue weighted by molar-refractivity contribution is -0.206. The molecule has 2 rings (SSSR count). The Bertz CT molecular complexity index is 894. The smallest absolute Gasteiger partial charge is 0.425 e. The molecule has 0 N–H and O–H groups in total. The molecule has 1 unspecified atom stereocenters. The van der Waals surface area contributed by atoms with Crippen molar-refractivity contribution < 1.29 is 36.2 Å². The van der Waals surface area contributed by atoms with Crippen molar-refractivity contribution in [3.05, 3.63) is 53.6 Å². The van der Waals surface area contributed by atoms with Crippen LogP contribution in [0.25, 0.3) is 11.1 Å². The van der Waals surface area contributed by atoms with Crippen LogP contribution in [0.15, 0.2) is 36.4 Å². The summed E-state index contributed by atoms with van der Waals surface area (Å²) in [7, 11) is 0. The molecule has 2 aromatic rings. The first-order valence-electron chi connectivity index (χ1n) is 11.2. The highest BCUT2D eigenvalue weighted by atomic mass is 19.4. The number of ether oxygens (including phenoxy) is 2. The fraction of sp³-hybridized carbons (Fsp3) is 0.480. The van der Waals surface area contributed by atoms with Gasteiger partial charge in [0.05, 0.1) is 12.2 Å². The summed E-state index contributed by atoms with van der Waals surface area (Å²) < 4.78 is 78.6. The molecule has 1 atom stereocenters. The molecule has 0 bridgehead atoms. The van der Waals surface area contributed by atoms with Crippen molar-refractivity contribution in [1.29, 1.82) is 0 Å². The number of hydrogen-bond acceptors (Lipinski definition) is 3. The highest BCUT2D eigenvalue weighted by Gasteiger charge is 2.42. The van der Waals surface area contributed by atoms with Gasteiger partial charge in [0.25, 0.3) is 0 Å². The number of unbranched alkanes of at least 4 members (excludes halogenated alkanes) is 4. The zero-order valence-electron chi connectivity index (χ0n) is 18.8. The average molecular weight is 472 g/mol. The topological polar surface area (TPSA) is 35.5 Å². The van der Waals surface area contributed by atoms with Gasteiger partial charge < -0.3 is 9.47 Å². The third kappa shape index (κ3) is 7.72. The minimum absolute atomic E-state index is 0.128. The molecule has 0 aliphatic rings. The van der Waals surface area contributed by atoms with E-state index < -0.39 is 41.9 Å². The van der Waals surface area contributed by atoms with Crippen molar-refractivity contribution in [2.24, 2.45) is 0 Å². The number of benzene rings is 2. The second-order valence-electron chi connectivity index (χ2n) is 7.80. The fourth-order valence-corrected chi connectivity index (χ4v) is 3.25. The van der Waals surface area contributed by atoms with E-state index in [0.717, 1.165) is 37.8 Å². The van der Waals surface area contributed by atoms with Gasteiger partial charge in [-0.05, 0) is 43.0 Å². The first-order valence-corrected chi connectivity index (χ1v) is 11.2. The molecule has 0 aliphatic heterocycles. The molecule has 0 aliphatic carbocycles. The zero-order valence-corrected chi connectivity index (χ0v) is 18.8. The first kappa shape index (κ1) is 26.6. The lowest BCUT2D eigenvalue weighted by Crippen LogP contribution is -2.34. The van der Waals surface area contributed by atoms with E-state index in [1.807, 2.05) is 0 Å². The van der Waals surface area contributed by atoms with Gasteiger partial charge in [-0.1, -0.05) is 57.7 Å². The molecule has 0 radical (unpaired) electrons. The molecule has 8 heteroatoms. The predicted octanol–water partition coefficient (Wildman–Crippen LogP) is 7.87. The van der Waals surface area contributed by atoms with Crippen LogP contribution in [0.3, 0.4) is 0 Å². The Morgan fingerprint density at radius 2 is 1.55 bits per heavy atom. The predicted molar refractivity (Wildman–Crippen MR) is 116 cm³/mol. The van der Waals surface area contributed by atoms with Crippen LogP contribution in [-0.2, 0) is 4.74 Å². The second kappa shape index (κ2) is 12.6. The monoisotopic (exact) mass is 472 g/mol. The number of alkyl halides is 3. The molecule has 0 heterocycles. The average Bonchev–Trinajstić information content (AvgIpc) is 2.78. The Morgan fingerprint density at radius 1 is 0.879 bits per heavy atom. The van der Waals surface area contributed by atoms with Crippen molar-refractivity contribution in [3.8, 4) is 16.9 Å². The molecule has 33 heavy (non-hydrogen) atoms. The van der Waals surface area contributed by atoms with E-state index >= 15 is 0 Å². The largest absolute Gasteiger partial charge is 0.494 e. The van der Waals surface area contributed by atoms with Crippen molar-refractivity contribution in [1.82, 2.24) is 0 Å². The Kier molecular flexibility index (Phi) is 10.1. The van der Waals surface area contributed by atoms with E-state index in [1.54, 1.807) is 31.2 Å². The first-order chi connectivity index (χ1) is 15.7. The number of carbonyl (C=O) groups is 1. The van der Waals surface area contributed by atoms with E-state index in [1.165, 1.54) is 0 Å². The van der Waals surface area contributed by atoms with Gasteiger partial charge in [-0.25, -0.2) is 13.6 Å². The second-order valence-corrected chi connectivity index (χ2v) is 7.80. The molecule has 0 saturated carbocycles. The van der Waals surface area contributed by atoms with Crippen molar-refractivity contribution in [3.63, 3.8) is 0 Å². The number of hydrogen-bond donors (Lipinski definition) is 0. The Morgan fingerprint density at radius 3 is 2.15 bits per heavy atom. The summed E-state index contributed by atoms with van der Waals surface area (Å²) in [5.41, 5.74) is -0.674. The summed E-state index contributed by atoms with van der Waals surface area (Å²) in [6, 6.07) is 8.40. The normalized spacial score (nSPS) is 12.5. The third-order valence-electron chi connectivity index (χ3n) is 5.17. The summed E-state index contributed by atoms with van der Waals surface area (Å²) in [6.45, 7) is 4.36. The van der Waals surface area contributed by atoms with Crippen molar-refractivity contribution in [2.45, 2.75) is 71.1 Å². The summed E-state index contributed by atoms with van der Waals surface area (Å²) in [6.07, 6.45) is -2.74. The lowest BCUT2D eigenvalue weighted by atomic mass is 10.0. The van der Waals surface area contributed by atoms with Gasteiger partial charge in [-0.15, -0.1) is 0 Å². The molecular weight excluding hydrogens is 443 g/mol. The van der Waals surface area contributed by atoms with Gasteiger partial charge in [0.1, 0.15) is 5.75 Å². The maximum absolute atomic E-state index is 14.7.